The number of likely N-dealkylation sites (N-methyl/N-ethyl adjacent to an activating group) is 2. The lowest BCUT2D eigenvalue weighted by Gasteiger charge is -2.44. The lowest BCUT2D eigenvalue weighted by Crippen LogP contribution is -2.52. The summed E-state index contributed by atoms with van der Waals surface area (Å²) in [5.41, 5.74) is 2.90. The maximum Gasteiger partial charge on any atom is 0.0501 e. The molecule has 2 heteroatoms. The van der Waals surface area contributed by atoms with Crippen molar-refractivity contribution in [2.45, 2.75) is 59.5 Å². The summed E-state index contributed by atoms with van der Waals surface area (Å²) in [5, 5.41) is 3.68. The molecule has 0 bridgehead atoms. The molecular weight excluding hydrogens is 244 g/mol. The molecule has 0 aliphatic heterocycles. The number of rotatable bonds is 8. The minimum atomic E-state index is 0.104. The molecule has 0 radical (unpaired) electrons. The molecule has 114 valence electrons. The molecule has 1 aromatic rings. The molecule has 0 spiro atoms. The van der Waals surface area contributed by atoms with E-state index >= 15 is 0 Å². The van der Waals surface area contributed by atoms with Gasteiger partial charge in [0, 0.05) is 5.54 Å². The van der Waals surface area contributed by atoms with Gasteiger partial charge in [-0.25, -0.2) is 0 Å². The number of aryl methyl sites for hydroxylation is 1. The average molecular weight is 276 g/mol. The molecule has 0 aliphatic carbocycles. The number of hydrogen-bond acceptors (Lipinski definition) is 2. The summed E-state index contributed by atoms with van der Waals surface area (Å²) in [6.45, 7) is 16.7. The second kappa shape index (κ2) is 7.80. The summed E-state index contributed by atoms with van der Waals surface area (Å²) < 4.78 is 0. The predicted molar refractivity (Wildman–Crippen MR) is 89.2 cm³/mol. The van der Waals surface area contributed by atoms with Gasteiger partial charge >= 0.3 is 0 Å². The molecule has 1 atom stereocenters. The molecule has 0 aliphatic rings. The maximum atomic E-state index is 3.68. The Morgan fingerprint density at radius 2 is 1.55 bits per heavy atom. The molecule has 1 unspecified atom stereocenters. The second-order valence-corrected chi connectivity index (χ2v) is 5.91. The number of nitrogens with one attached hydrogen (secondary N) is 1. The zero-order valence-electron chi connectivity index (χ0n) is 14.2. The first kappa shape index (κ1) is 17.2. The first-order valence-corrected chi connectivity index (χ1v) is 8.08. The van der Waals surface area contributed by atoms with E-state index in [-0.39, 0.29) is 5.54 Å². The van der Waals surface area contributed by atoms with Crippen LogP contribution < -0.4 is 5.32 Å². The van der Waals surface area contributed by atoms with E-state index < -0.39 is 0 Å². The standard InChI is InChI=1S/C18H32N2/c1-7-15-11-13-16(14-12-15)17(19-8-2)18(5,6)20(9-3)10-4/h11-14,17,19H,7-10H2,1-6H3. The minimum Gasteiger partial charge on any atom is -0.309 e. The molecule has 0 fully saturated rings. The summed E-state index contributed by atoms with van der Waals surface area (Å²) in [5.74, 6) is 0. The molecule has 0 saturated heterocycles. The van der Waals surface area contributed by atoms with E-state index in [1.807, 2.05) is 0 Å². The fraction of sp³-hybridized carbons (Fsp3) is 0.667. The van der Waals surface area contributed by atoms with E-state index in [4.69, 9.17) is 0 Å². The van der Waals surface area contributed by atoms with Crippen LogP contribution in [0.4, 0.5) is 0 Å². The van der Waals surface area contributed by atoms with Gasteiger partial charge in [0.05, 0.1) is 6.04 Å². The van der Waals surface area contributed by atoms with Crippen LogP contribution in [-0.2, 0) is 6.42 Å². The SMILES string of the molecule is CCNC(c1ccc(CC)cc1)C(C)(C)N(CC)CC. The highest BCUT2D eigenvalue weighted by Gasteiger charge is 2.34. The van der Waals surface area contributed by atoms with Crippen LogP contribution in [0.3, 0.4) is 0 Å². The summed E-state index contributed by atoms with van der Waals surface area (Å²) in [6, 6.07) is 9.46. The van der Waals surface area contributed by atoms with E-state index in [1.165, 1.54) is 11.1 Å². The predicted octanol–water partition coefficient (Wildman–Crippen LogP) is 4.02. The molecule has 0 heterocycles. The van der Waals surface area contributed by atoms with Crippen molar-refractivity contribution in [3.63, 3.8) is 0 Å². The van der Waals surface area contributed by atoms with Gasteiger partial charge in [-0.05, 0) is 51.0 Å². The zero-order chi connectivity index (χ0) is 15.2. The summed E-state index contributed by atoms with van der Waals surface area (Å²) >= 11 is 0. The average Bonchev–Trinajstić information content (AvgIpc) is 2.45. The third kappa shape index (κ3) is 3.83. The van der Waals surface area contributed by atoms with Crippen LogP contribution in [0.1, 0.15) is 58.7 Å². The molecular formula is C18H32N2. The van der Waals surface area contributed by atoms with Gasteiger partial charge in [0.25, 0.3) is 0 Å². The molecule has 20 heavy (non-hydrogen) atoms. The van der Waals surface area contributed by atoms with Crippen LogP contribution in [0.15, 0.2) is 24.3 Å². The lowest BCUT2D eigenvalue weighted by atomic mass is 9.86. The normalized spacial score (nSPS) is 13.8. The first-order valence-electron chi connectivity index (χ1n) is 8.08. The van der Waals surface area contributed by atoms with Gasteiger partial charge in [0.15, 0.2) is 0 Å². The van der Waals surface area contributed by atoms with E-state index in [0.717, 1.165) is 26.1 Å². The third-order valence-electron chi connectivity index (χ3n) is 4.41. The van der Waals surface area contributed by atoms with E-state index in [2.05, 4.69) is 76.0 Å². The minimum absolute atomic E-state index is 0.104. The lowest BCUT2D eigenvalue weighted by molar-refractivity contribution is 0.0918. The van der Waals surface area contributed by atoms with Crippen molar-refractivity contribution < 1.29 is 0 Å². The maximum absolute atomic E-state index is 3.68. The number of benzene rings is 1. The highest BCUT2D eigenvalue weighted by Crippen LogP contribution is 2.31. The Balaban J connectivity index is 3.08. The van der Waals surface area contributed by atoms with Gasteiger partial charge < -0.3 is 5.32 Å². The summed E-state index contributed by atoms with van der Waals surface area (Å²) in [4.78, 5) is 2.54. The second-order valence-electron chi connectivity index (χ2n) is 5.91. The molecule has 0 aromatic heterocycles. The molecule has 1 N–H and O–H groups in total. The van der Waals surface area contributed by atoms with Crippen molar-refractivity contribution in [3.05, 3.63) is 35.4 Å². The third-order valence-corrected chi connectivity index (χ3v) is 4.41. The molecule has 0 saturated carbocycles. The fourth-order valence-corrected chi connectivity index (χ4v) is 3.15. The monoisotopic (exact) mass is 276 g/mol. The van der Waals surface area contributed by atoms with Crippen LogP contribution in [0.2, 0.25) is 0 Å². The number of nitrogens with zero attached hydrogens (tertiary/aromatic N) is 1. The van der Waals surface area contributed by atoms with Gasteiger partial charge in [0.1, 0.15) is 0 Å². The van der Waals surface area contributed by atoms with Crippen molar-refractivity contribution in [3.8, 4) is 0 Å². The van der Waals surface area contributed by atoms with Crippen LogP contribution >= 0.6 is 0 Å². The number of hydrogen-bond donors (Lipinski definition) is 1. The van der Waals surface area contributed by atoms with Gasteiger partial charge in [-0.2, -0.15) is 0 Å². The molecule has 2 nitrogen and oxygen atoms in total. The van der Waals surface area contributed by atoms with Gasteiger partial charge in [-0.1, -0.05) is 52.0 Å². The molecule has 1 aromatic carbocycles. The highest BCUT2D eigenvalue weighted by molar-refractivity contribution is 5.27. The largest absolute Gasteiger partial charge is 0.309 e. The van der Waals surface area contributed by atoms with E-state index in [1.54, 1.807) is 0 Å². The fourth-order valence-electron chi connectivity index (χ4n) is 3.15. The Morgan fingerprint density at radius 1 is 1.00 bits per heavy atom. The van der Waals surface area contributed by atoms with Gasteiger partial charge in [0.2, 0.25) is 0 Å². The van der Waals surface area contributed by atoms with E-state index in [0.29, 0.717) is 6.04 Å². The van der Waals surface area contributed by atoms with Crippen LogP contribution in [-0.4, -0.2) is 30.1 Å². The molecule has 1 rings (SSSR count). The van der Waals surface area contributed by atoms with Crippen molar-refractivity contribution in [2.75, 3.05) is 19.6 Å². The van der Waals surface area contributed by atoms with Crippen molar-refractivity contribution in [1.82, 2.24) is 10.2 Å². The topological polar surface area (TPSA) is 15.3 Å². The van der Waals surface area contributed by atoms with Crippen molar-refractivity contribution in [1.29, 1.82) is 0 Å². The Labute approximate surface area is 125 Å². The van der Waals surface area contributed by atoms with E-state index in [9.17, 15) is 0 Å². The van der Waals surface area contributed by atoms with Crippen LogP contribution in [0, 0.1) is 0 Å². The molecule has 0 amide bonds. The van der Waals surface area contributed by atoms with Crippen molar-refractivity contribution >= 4 is 0 Å². The van der Waals surface area contributed by atoms with Gasteiger partial charge in [-0.3, -0.25) is 4.90 Å². The Bertz CT molecular complexity index is 377. The van der Waals surface area contributed by atoms with Gasteiger partial charge in [-0.15, -0.1) is 0 Å². The highest BCUT2D eigenvalue weighted by atomic mass is 15.2. The van der Waals surface area contributed by atoms with Crippen molar-refractivity contribution in [2.24, 2.45) is 0 Å². The summed E-state index contributed by atoms with van der Waals surface area (Å²) in [7, 11) is 0. The zero-order valence-corrected chi connectivity index (χ0v) is 14.2. The Morgan fingerprint density at radius 3 is 1.95 bits per heavy atom. The smallest absolute Gasteiger partial charge is 0.0501 e. The van der Waals surface area contributed by atoms with Crippen LogP contribution in [0.5, 0.6) is 0 Å². The Kier molecular flexibility index (Phi) is 6.70. The Hall–Kier alpha value is -0.860. The first-order chi connectivity index (χ1) is 9.51. The van der Waals surface area contributed by atoms with Crippen LogP contribution in [0.25, 0.3) is 0 Å². The summed E-state index contributed by atoms with van der Waals surface area (Å²) in [6.07, 6.45) is 1.10. The quantitative estimate of drug-likeness (QED) is 0.771.